The summed E-state index contributed by atoms with van der Waals surface area (Å²) in [5.74, 6) is 0. The van der Waals surface area contributed by atoms with E-state index in [9.17, 15) is 4.79 Å². The van der Waals surface area contributed by atoms with Crippen molar-refractivity contribution in [1.82, 2.24) is 4.98 Å². The Labute approximate surface area is 112 Å². The van der Waals surface area contributed by atoms with Gasteiger partial charge in [0.2, 0.25) is 0 Å². The van der Waals surface area contributed by atoms with Gasteiger partial charge < -0.3 is 4.98 Å². The zero-order valence-corrected chi connectivity index (χ0v) is 11.1. The molecule has 2 aromatic carbocycles. The Morgan fingerprint density at radius 2 is 1.72 bits per heavy atom. The van der Waals surface area contributed by atoms with E-state index in [0.29, 0.717) is 5.39 Å². The quantitative estimate of drug-likeness (QED) is 0.725. The molecule has 3 heteroatoms. The lowest BCUT2D eigenvalue weighted by Gasteiger charge is -2.04. The predicted octanol–water partition coefficient (Wildman–Crippen LogP) is 3.96. The van der Waals surface area contributed by atoms with Gasteiger partial charge in [-0.3, -0.25) is 4.79 Å². The van der Waals surface area contributed by atoms with Crippen molar-refractivity contribution in [3.63, 3.8) is 0 Å². The van der Waals surface area contributed by atoms with Crippen LogP contribution in [0.25, 0.3) is 22.2 Å². The summed E-state index contributed by atoms with van der Waals surface area (Å²) in [7, 11) is 0. The summed E-state index contributed by atoms with van der Waals surface area (Å²) in [5.41, 5.74) is 2.74. The number of rotatable bonds is 1. The third-order valence-corrected chi connectivity index (χ3v) is 3.37. The Morgan fingerprint density at radius 3 is 2.50 bits per heavy atom. The molecule has 0 saturated carbocycles. The van der Waals surface area contributed by atoms with Crippen LogP contribution in [0.15, 0.2) is 63.9 Å². The molecule has 2 nitrogen and oxygen atoms in total. The number of fused-ring (bicyclic) bond motifs is 1. The molecule has 0 aliphatic heterocycles. The van der Waals surface area contributed by atoms with Crippen molar-refractivity contribution in [1.29, 1.82) is 0 Å². The van der Waals surface area contributed by atoms with E-state index in [2.05, 4.69) is 20.9 Å². The molecular formula is C15H10BrNO. The average Bonchev–Trinajstić information content (AvgIpc) is 2.40. The van der Waals surface area contributed by atoms with Crippen LogP contribution >= 0.6 is 15.9 Å². The Hall–Kier alpha value is -1.87. The summed E-state index contributed by atoms with van der Waals surface area (Å²) in [4.78, 5) is 15.4. The number of benzene rings is 2. The summed E-state index contributed by atoms with van der Waals surface area (Å²) in [5, 5.41) is 0.698. The minimum atomic E-state index is 0.0314. The lowest BCUT2D eigenvalue weighted by molar-refractivity contribution is 1.38. The Kier molecular flexibility index (Phi) is 2.76. The molecule has 0 spiro atoms. The van der Waals surface area contributed by atoms with Gasteiger partial charge in [-0.2, -0.15) is 0 Å². The zero-order chi connectivity index (χ0) is 12.5. The van der Waals surface area contributed by atoms with Crippen molar-refractivity contribution in [2.45, 2.75) is 0 Å². The molecular weight excluding hydrogens is 290 g/mol. The van der Waals surface area contributed by atoms with Crippen molar-refractivity contribution in [2.24, 2.45) is 0 Å². The van der Waals surface area contributed by atoms with E-state index >= 15 is 0 Å². The van der Waals surface area contributed by atoms with Crippen LogP contribution in [-0.4, -0.2) is 4.98 Å². The second kappa shape index (κ2) is 4.42. The molecule has 0 amide bonds. The lowest BCUT2D eigenvalue weighted by atomic mass is 10.1. The Balaban J connectivity index is 2.29. The highest BCUT2D eigenvalue weighted by Gasteiger charge is 2.04. The number of pyridine rings is 1. The third kappa shape index (κ3) is 1.97. The van der Waals surface area contributed by atoms with Gasteiger partial charge in [0.1, 0.15) is 0 Å². The van der Waals surface area contributed by atoms with E-state index in [1.54, 1.807) is 6.07 Å². The largest absolute Gasteiger partial charge is 0.354 e. The fourth-order valence-corrected chi connectivity index (χ4v) is 2.35. The van der Waals surface area contributed by atoms with Crippen LogP contribution in [0.4, 0.5) is 0 Å². The third-order valence-electron chi connectivity index (χ3n) is 2.88. The molecule has 3 rings (SSSR count). The molecule has 0 aliphatic carbocycles. The van der Waals surface area contributed by atoms with Gasteiger partial charge in [-0.15, -0.1) is 0 Å². The summed E-state index contributed by atoms with van der Waals surface area (Å²) in [6, 6.07) is 17.2. The van der Waals surface area contributed by atoms with Crippen LogP contribution in [-0.2, 0) is 0 Å². The molecule has 0 atom stereocenters. The van der Waals surface area contributed by atoms with Gasteiger partial charge in [0, 0.05) is 27.1 Å². The SMILES string of the molecule is O=c1cc(-c2ccccc2)[nH]c2ccc(Br)cc12. The van der Waals surface area contributed by atoms with Crippen molar-refractivity contribution < 1.29 is 0 Å². The van der Waals surface area contributed by atoms with Crippen LogP contribution in [0.5, 0.6) is 0 Å². The second-order valence-electron chi connectivity index (χ2n) is 4.10. The van der Waals surface area contributed by atoms with Gasteiger partial charge in [-0.1, -0.05) is 46.3 Å². The van der Waals surface area contributed by atoms with Crippen molar-refractivity contribution in [3.05, 3.63) is 69.3 Å². The maximum absolute atomic E-state index is 12.1. The van der Waals surface area contributed by atoms with Crippen LogP contribution < -0.4 is 5.43 Å². The normalized spacial score (nSPS) is 10.7. The van der Waals surface area contributed by atoms with E-state index in [0.717, 1.165) is 21.2 Å². The fourth-order valence-electron chi connectivity index (χ4n) is 1.99. The molecule has 18 heavy (non-hydrogen) atoms. The minimum Gasteiger partial charge on any atom is -0.354 e. The number of hydrogen-bond donors (Lipinski definition) is 1. The molecule has 0 radical (unpaired) electrons. The van der Waals surface area contributed by atoms with E-state index in [4.69, 9.17) is 0 Å². The number of hydrogen-bond acceptors (Lipinski definition) is 1. The first-order valence-corrected chi connectivity index (χ1v) is 6.41. The van der Waals surface area contributed by atoms with Gasteiger partial charge in [-0.05, 0) is 23.8 Å². The Morgan fingerprint density at radius 1 is 0.944 bits per heavy atom. The molecule has 3 aromatic rings. The van der Waals surface area contributed by atoms with Crippen LogP contribution in [0, 0.1) is 0 Å². The maximum atomic E-state index is 12.1. The molecule has 0 fully saturated rings. The Bertz CT molecular complexity index is 762. The first kappa shape index (κ1) is 11.2. The van der Waals surface area contributed by atoms with Gasteiger partial charge in [0.15, 0.2) is 5.43 Å². The number of aromatic amines is 1. The lowest BCUT2D eigenvalue weighted by Crippen LogP contribution is -2.02. The molecule has 0 saturated heterocycles. The van der Waals surface area contributed by atoms with E-state index in [1.165, 1.54) is 0 Å². The standard InChI is InChI=1S/C15H10BrNO/c16-11-6-7-13-12(8-11)15(18)9-14(17-13)10-4-2-1-3-5-10/h1-9H,(H,17,18). The van der Waals surface area contributed by atoms with Crippen LogP contribution in [0.2, 0.25) is 0 Å². The van der Waals surface area contributed by atoms with Crippen molar-refractivity contribution in [3.8, 4) is 11.3 Å². The molecule has 1 aromatic heterocycles. The number of nitrogens with one attached hydrogen (secondary N) is 1. The van der Waals surface area contributed by atoms with Gasteiger partial charge in [-0.25, -0.2) is 0 Å². The van der Waals surface area contributed by atoms with E-state index in [-0.39, 0.29) is 5.43 Å². The predicted molar refractivity (Wildman–Crippen MR) is 77.7 cm³/mol. The minimum absolute atomic E-state index is 0.0314. The van der Waals surface area contributed by atoms with Crippen LogP contribution in [0.1, 0.15) is 0 Å². The van der Waals surface area contributed by atoms with Gasteiger partial charge in [0.05, 0.1) is 0 Å². The second-order valence-corrected chi connectivity index (χ2v) is 5.02. The highest BCUT2D eigenvalue weighted by molar-refractivity contribution is 9.10. The summed E-state index contributed by atoms with van der Waals surface area (Å²) in [6.45, 7) is 0. The first-order valence-electron chi connectivity index (χ1n) is 5.62. The molecule has 1 heterocycles. The number of H-pyrrole nitrogens is 1. The number of halogens is 1. The molecule has 1 N–H and O–H groups in total. The van der Waals surface area contributed by atoms with E-state index < -0.39 is 0 Å². The summed E-state index contributed by atoms with van der Waals surface area (Å²) >= 11 is 3.38. The number of aromatic nitrogens is 1. The summed E-state index contributed by atoms with van der Waals surface area (Å²) in [6.07, 6.45) is 0. The van der Waals surface area contributed by atoms with Gasteiger partial charge >= 0.3 is 0 Å². The molecule has 0 aliphatic rings. The van der Waals surface area contributed by atoms with Crippen molar-refractivity contribution >= 4 is 26.8 Å². The highest BCUT2D eigenvalue weighted by atomic mass is 79.9. The fraction of sp³-hybridized carbons (Fsp3) is 0. The van der Waals surface area contributed by atoms with E-state index in [1.807, 2.05) is 48.5 Å². The smallest absolute Gasteiger partial charge is 0.190 e. The monoisotopic (exact) mass is 299 g/mol. The first-order chi connectivity index (χ1) is 8.74. The topological polar surface area (TPSA) is 32.9 Å². The highest BCUT2D eigenvalue weighted by Crippen LogP contribution is 2.20. The maximum Gasteiger partial charge on any atom is 0.190 e. The van der Waals surface area contributed by atoms with Crippen molar-refractivity contribution in [2.75, 3.05) is 0 Å². The zero-order valence-electron chi connectivity index (χ0n) is 9.48. The molecule has 0 unspecified atom stereocenters. The van der Waals surface area contributed by atoms with Gasteiger partial charge in [0.25, 0.3) is 0 Å². The summed E-state index contributed by atoms with van der Waals surface area (Å²) < 4.78 is 0.910. The van der Waals surface area contributed by atoms with Crippen LogP contribution in [0.3, 0.4) is 0 Å². The average molecular weight is 300 g/mol. The molecule has 88 valence electrons. The molecule has 0 bridgehead atoms.